The normalized spacial score (nSPS) is 29.4. The zero-order valence-electron chi connectivity index (χ0n) is 22.2. The fraction of sp³-hybridized carbons (Fsp3) is 0.500. The highest BCUT2D eigenvalue weighted by molar-refractivity contribution is 7.52. The van der Waals surface area contributed by atoms with Crippen molar-refractivity contribution in [3.8, 4) is 0 Å². The lowest BCUT2D eigenvalue weighted by molar-refractivity contribution is -0.168. The minimum Gasteiger partial charge on any atom is -0.385 e. The van der Waals surface area contributed by atoms with Crippen LogP contribution in [-0.4, -0.2) is 103 Å². The Morgan fingerprint density at radius 1 is 1.07 bits per heavy atom. The highest BCUT2D eigenvalue weighted by Gasteiger charge is 2.47. The number of H-pyrrole nitrogens is 1. The average Bonchev–Trinajstić information content (AvgIpc) is 3.73. The Morgan fingerprint density at radius 3 is 2.55 bits per heavy atom. The first-order valence-electron chi connectivity index (χ1n) is 12.7. The Kier molecular flexibility index (Phi) is 8.24. The number of nitrogens with zero attached hydrogens (tertiary/aromatic N) is 7. The summed E-state index contributed by atoms with van der Waals surface area (Å²) in [5.41, 5.74) is 11.1. The molecule has 4 aromatic heterocycles. The topological polar surface area (TPSA) is 320 Å². The summed E-state index contributed by atoms with van der Waals surface area (Å²) in [6.45, 7) is -0.361. The molecule has 2 fully saturated rings. The fourth-order valence-corrected chi connectivity index (χ4v) is 6.26. The molecule has 2 aliphatic rings. The number of rotatable bonds is 10. The van der Waals surface area contributed by atoms with Gasteiger partial charge in [-0.3, -0.25) is 32.6 Å². The van der Waals surface area contributed by atoms with E-state index in [1.165, 1.54) is 28.1 Å². The number of aliphatic hydroxyl groups excluding tert-OH is 2. The molecule has 9 atom stereocenters. The molecule has 0 aromatic carbocycles. The molecular weight excluding hydrogens is 634 g/mol. The molecule has 6 heterocycles. The maximum absolute atomic E-state index is 13.2. The minimum absolute atomic E-state index is 0.0206. The molecule has 9 N–H and O–H groups in total. The molecule has 0 radical (unpaired) electrons. The van der Waals surface area contributed by atoms with Gasteiger partial charge in [-0.05, 0) is 0 Å². The molecule has 6 rings (SSSR count). The van der Waals surface area contributed by atoms with Gasteiger partial charge in [0.15, 0.2) is 47.7 Å². The van der Waals surface area contributed by atoms with Gasteiger partial charge < -0.3 is 50.2 Å². The van der Waals surface area contributed by atoms with Crippen LogP contribution in [0.1, 0.15) is 18.9 Å². The first-order valence-corrected chi connectivity index (χ1v) is 15.7. The molecule has 4 aromatic rings. The molecule has 238 valence electrons. The van der Waals surface area contributed by atoms with Crippen molar-refractivity contribution >= 4 is 49.9 Å². The van der Waals surface area contributed by atoms with E-state index in [4.69, 9.17) is 39.6 Å². The van der Waals surface area contributed by atoms with Crippen LogP contribution < -0.4 is 17.0 Å². The summed E-state index contributed by atoms with van der Waals surface area (Å²) in [5.74, 6) is -0.147. The highest BCUT2D eigenvalue weighted by atomic mass is 31.2. The third kappa shape index (κ3) is 5.85. The number of nitrogens with two attached hydrogens (primary N) is 2. The Bertz CT molecular complexity index is 1820. The largest absolute Gasteiger partial charge is 0.385 e. The van der Waals surface area contributed by atoms with Gasteiger partial charge in [0.1, 0.15) is 30.2 Å². The van der Waals surface area contributed by atoms with Gasteiger partial charge >= 0.3 is 15.9 Å². The van der Waals surface area contributed by atoms with Crippen LogP contribution in [0.15, 0.2) is 23.8 Å². The van der Waals surface area contributed by atoms with Crippen LogP contribution in [-0.2, 0) is 32.4 Å². The van der Waals surface area contributed by atoms with E-state index in [-0.39, 0.29) is 47.1 Å². The molecule has 2 aliphatic heterocycles. The molecule has 0 aliphatic carbocycles. The van der Waals surface area contributed by atoms with E-state index in [9.17, 15) is 29.0 Å². The highest BCUT2D eigenvalue weighted by Crippen LogP contribution is 2.49. The maximum atomic E-state index is 13.2. The smallest absolute Gasteiger partial charge is 0.354 e. The molecule has 2 unspecified atom stereocenters. The summed E-state index contributed by atoms with van der Waals surface area (Å²) in [6.07, 6.45) is -6.85. The second kappa shape index (κ2) is 11.8. The van der Waals surface area contributed by atoms with Gasteiger partial charge in [-0.15, -0.1) is 0 Å². The van der Waals surface area contributed by atoms with Crippen molar-refractivity contribution in [3.05, 3.63) is 29.3 Å². The van der Waals surface area contributed by atoms with Gasteiger partial charge in [0.2, 0.25) is 5.95 Å². The molecule has 2 saturated heterocycles. The summed E-state index contributed by atoms with van der Waals surface area (Å²) < 4.78 is 53.9. The number of hydrogen-bond donors (Lipinski definition) is 7. The monoisotopic (exact) mass is 660 g/mol. The lowest BCUT2D eigenvalue weighted by Crippen LogP contribution is -2.33. The zero-order valence-corrected chi connectivity index (χ0v) is 24.1. The van der Waals surface area contributed by atoms with E-state index < -0.39 is 70.9 Å². The van der Waals surface area contributed by atoms with Crippen LogP contribution in [0.4, 0.5) is 11.8 Å². The van der Waals surface area contributed by atoms with Crippen molar-refractivity contribution in [2.75, 3.05) is 24.4 Å². The zero-order chi connectivity index (χ0) is 31.3. The molecule has 44 heavy (non-hydrogen) atoms. The van der Waals surface area contributed by atoms with Crippen molar-refractivity contribution in [2.45, 2.75) is 49.6 Å². The molecule has 22 nitrogen and oxygen atoms in total. The standard InChI is InChI=1S/C20H26N10O12P2/c21-13-9-14(24-3-23-13)29(4-25-9)18-11(31)12(32)19(41-18)38-6-44(36,37)42-8-1-7(2-39-43(34)35)40-17(8)30-5-26-10-15(30)27-20(22)28-16(10)33/h3-5,7-8,11-12,17-19,31-32,43H,1-2,6H2,(H,34,35)(H,36,37)(H2,21,23,24)(H3,22,27,28,33)/t7-,8-,11-,12+,17+,18+,19-/m0/s1. The summed E-state index contributed by atoms with van der Waals surface area (Å²) >= 11 is 0. The van der Waals surface area contributed by atoms with Gasteiger partial charge in [-0.2, -0.15) is 4.98 Å². The van der Waals surface area contributed by atoms with Crippen LogP contribution in [0.3, 0.4) is 0 Å². The first kappa shape index (κ1) is 30.6. The number of hydrogen-bond acceptors (Lipinski definition) is 17. The number of nitrogen functional groups attached to an aromatic ring is 2. The predicted octanol–water partition coefficient (Wildman–Crippen LogP) is -2.07. The summed E-state index contributed by atoms with van der Waals surface area (Å²) in [4.78, 5) is 54.3. The number of anilines is 2. The third-order valence-corrected chi connectivity index (χ3v) is 8.31. The van der Waals surface area contributed by atoms with Crippen molar-refractivity contribution in [1.82, 2.24) is 39.0 Å². The summed E-state index contributed by atoms with van der Waals surface area (Å²) in [6, 6.07) is 0. The Hall–Kier alpha value is -3.40. The second-order valence-corrected chi connectivity index (χ2v) is 12.3. The Morgan fingerprint density at radius 2 is 1.80 bits per heavy atom. The van der Waals surface area contributed by atoms with Gasteiger partial charge in [0.05, 0.1) is 25.4 Å². The number of fused-ring (bicyclic) bond motifs is 2. The molecule has 0 saturated carbocycles. The van der Waals surface area contributed by atoms with E-state index >= 15 is 0 Å². The fourth-order valence-electron chi connectivity index (χ4n) is 4.92. The number of nitrogens with one attached hydrogen (secondary N) is 1. The van der Waals surface area contributed by atoms with Gasteiger partial charge in [-0.1, -0.05) is 0 Å². The van der Waals surface area contributed by atoms with E-state index in [2.05, 4.69) is 29.9 Å². The van der Waals surface area contributed by atoms with E-state index in [0.29, 0.717) is 0 Å². The van der Waals surface area contributed by atoms with E-state index in [1.807, 2.05) is 0 Å². The van der Waals surface area contributed by atoms with Crippen LogP contribution in [0.25, 0.3) is 22.3 Å². The lowest BCUT2D eigenvalue weighted by atomic mass is 10.2. The maximum Gasteiger partial charge on any atom is 0.354 e. The van der Waals surface area contributed by atoms with Crippen molar-refractivity contribution < 1.29 is 52.4 Å². The van der Waals surface area contributed by atoms with Crippen LogP contribution in [0.2, 0.25) is 0 Å². The summed E-state index contributed by atoms with van der Waals surface area (Å²) in [5, 5.41) is 21.2. The molecule has 24 heteroatoms. The second-order valence-electron chi connectivity index (χ2n) is 9.77. The minimum atomic E-state index is -4.67. The Labute approximate surface area is 245 Å². The Balaban J connectivity index is 1.17. The quantitative estimate of drug-likeness (QED) is 0.0898. The number of imidazole rings is 2. The molecule has 0 spiro atoms. The SMILES string of the molecule is Nc1nc2c(ncn2[C@@H]2O[C@H](CO[PH](=O)O)C[C@@H]2OP(=O)(O)CO[C@H]2O[C@@H](n3cnc4c(N)ncnc43)[C@@H](O)[C@H]2O)c(=O)[nH]1. The molecular formula is C20H26N10O12P2. The average molecular weight is 660 g/mol. The van der Waals surface area contributed by atoms with Crippen molar-refractivity contribution in [3.63, 3.8) is 0 Å². The van der Waals surface area contributed by atoms with Gasteiger partial charge in [0.25, 0.3) is 5.56 Å². The van der Waals surface area contributed by atoms with Crippen molar-refractivity contribution in [1.29, 1.82) is 0 Å². The van der Waals surface area contributed by atoms with Gasteiger partial charge in [-0.25, -0.2) is 19.9 Å². The summed E-state index contributed by atoms with van der Waals surface area (Å²) in [7, 11) is -7.99. The molecule has 0 amide bonds. The van der Waals surface area contributed by atoms with E-state index in [0.717, 1.165) is 0 Å². The van der Waals surface area contributed by atoms with Crippen molar-refractivity contribution in [2.24, 2.45) is 0 Å². The predicted molar refractivity (Wildman–Crippen MR) is 145 cm³/mol. The number of aromatic amines is 1. The third-order valence-electron chi connectivity index (χ3n) is 6.82. The van der Waals surface area contributed by atoms with Crippen LogP contribution in [0.5, 0.6) is 0 Å². The lowest BCUT2D eigenvalue weighted by Gasteiger charge is -2.24. The molecule has 0 bridgehead atoms. The number of ether oxygens (including phenoxy) is 3. The number of aliphatic hydroxyl groups is 2. The van der Waals surface area contributed by atoms with E-state index in [1.54, 1.807) is 0 Å². The number of aromatic nitrogens is 8. The first-order chi connectivity index (χ1) is 20.9. The van der Waals surface area contributed by atoms with Gasteiger partial charge in [0, 0.05) is 6.42 Å². The van der Waals surface area contributed by atoms with Crippen LogP contribution >= 0.6 is 15.9 Å². The van der Waals surface area contributed by atoms with Crippen LogP contribution in [0, 0.1) is 0 Å².